The molecule has 0 radical (unpaired) electrons. The lowest BCUT2D eigenvalue weighted by atomic mass is 9.86. The molecule has 1 amide bonds. The van der Waals surface area contributed by atoms with Gasteiger partial charge in [-0.2, -0.15) is 0 Å². The van der Waals surface area contributed by atoms with Crippen LogP contribution in [0.5, 0.6) is 0 Å². The Labute approximate surface area is 122 Å². The van der Waals surface area contributed by atoms with Crippen molar-refractivity contribution in [1.29, 1.82) is 0 Å². The van der Waals surface area contributed by atoms with Gasteiger partial charge in [0.25, 0.3) is 0 Å². The van der Waals surface area contributed by atoms with Gasteiger partial charge in [0.1, 0.15) is 0 Å². The minimum Gasteiger partial charge on any atom is -0.339 e. The van der Waals surface area contributed by atoms with Crippen molar-refractivity contribution in [2.45, 2.75) is 45.6 Å². The van der Waals surface area contributed by atoms with E-state index in [1.165, 1.54) is 12.8 Å². The van der Waals surface area contributed by atoms with Crippen LogP contribution in [0.4, 0.5) is 0 Å². The van der Waals surface area contributed by atoms with Crippen LogP contribution in [0.1, 0.15) is 45.1 Å². The number of amides is 1. The standard InChI is InChI=1S/C18H25NO/c1-14-9-11-17(12-10-14)19(3)18(20)13-15(2)16-7-5-4-6-8-16/h4-8,13-14,17H,9-12H2,1-3H3/b15-13+. The molecule has 2 heteroatoms. The zero-order valence-corrected chi connectivity index (χ0v) is 12.8. The lowest BCUT2D eigenvalue weighted by molar-refractivity contribution is -0.127. The number of likely N-dealkylation sites (N-methyl/N-ethyl adjacent to an activating group) is 1. The van der Waals surface area contributed by atoms with Gasteiger partial charge in [-0.25, -0.2) is 0 Å². The Balaban J connectivity index is 2.00. The average Bonchev–Trinajstić information content (AvgIpc) is 2.48. The predicted octanol–water partition coefficient (Wildman–Crippen LogP) is 4.13. The molecular formula is C18H25NO. The molecular weight excluding hydrogens is 246 g/mol. The van der Waals surface area contributed by atoms with E-state index >= 15 is 0 Å². The lowest BCUT2D eigenvalue weighted by Gasteiger charge is -2.33. The Morgan fingerprint density at radius 3 is 2.35 bits per heavy atom. The highest BCUT2D eigenvalue weighted by atomic mass is 16.2. The number of hydrogen-bond acceptors (Lipinski definition) is 1. The van der Waals surface area contributed by atoms with E-state index in [1.807, 2.05) is 49.2 Å². The van der Waals surface area contributed by atoms with Crippen LogP contribution in [0.3, 0.4) is 0 Å². The third-order valence-corrected chi connectivity index (χ3v) is 4.45. The molecule has 20 heavy (non-hydrogen) atoms. The zero-order chi connectivity index (χ0) is 14.5. The van der Waals surface area contributed by atoms with Crippen LogP contribution in [0.2, 0.25) is 0 Å². The molecule has 1 aromatic carbocycles. The van der Waals surface area contributed by atoms with Crippen LogP contribution in [0, 0.1) is 5.92 Å². The van der Waals surface area contributed by atoms with Crippen LogP contribution < -0.4 is 0 Å². The van der Waals surface area contributed by atoms with Gasteiger partial charge in [0.2, 0.25) is 5.91 Å². The second-order valence-corrected chi connectivity index (χ2v) is 6.06. The smallest absolute Gasteiger partial charge is 0.246 e. The Morgan fingerprint density at radius 1 is 1.15 bits per heavy atom. The number of rotatable bonds is 3. The highest BCUT2D eigenvalue weighted by molar-refractivity contribution is 5.94. The van der Waals surface area contributed by atoms with E-state index in [0.29, 0.717) is 6.04 Å². The first-order valence-corrected chi connectivity index (χ1v) is 7.58. The number of benzene rings is 1. The van der Waals surface area contributed by atoms with Gasteiger partial charge in [-0.3, -0.25) is 4.79 Å². The van der Waals surface area contributed by atoms with Gasteiger partial charge in [-0.15, -0.1) is 0 Å². The van der Waals surface area contributed by atoms with Crippen molar-refractivity contribution >= 4 is 11.5 Å². The molecule has 1 aliphatic carbocycles. The Morgan fingerprint density at radius 2 is 1.75 bits per heavy atom. The molecule has 0 saturated heterocycles. The molecule has 1 fully saturated rings. The maximum atomic E-state index is 12.4. The molecule has 1 saturated carbocycles. The summed E-state index contributed by atoms with van der Waals surface area (Å²) in [5, 5.41) is 0. The lowest BCUT2D eigenvalue weighted by Crippen LogP contribution is -2.38. The Kier molecular flexibility index (Phi) is 4.99. The summed E-state index contributed by atoms with van der Waals surface area (Å²) in [6.45, 7) is 4.31. The van der Waals surface area contributed by atoms with Crippen molar-refractivity contribution in [2.75, 3.05) is 7.05 Å². The molecule has 0 bridgehead atoms. The van der Waals surface area contributed by atoms with Gasteiger partial charge in [-0.1, -0.05) is 37.3 Å². The fourth-order valence-corrected chi connectivity index (χ4v) is 2.88. The number of nitrogens with zero attached hydrogens (tertiary/aromatic N) is 1. The maximum Gasteiger partial charge on any atom is 0.246 e. The molecule has 0 atom stereocenters. The highest BCUT2D eigenvalue weighted by Crippen LogP contribution is 2.26. The molecule has 1 aliphatic rings. The van der Waals surface area contributed by atoms with E-state index < -0.39 is 0 Å². The van der Waals surface area contributed by atoms with Gasteiger partial charge in [0.15, 0.2) is 0 Å². The molecule has 0 spiro atoms. The fraction of sp³-hybridized carbons (Fsp3) is 0.500. The van der Waals surface area contributed by atoms with Crippen molar-refractivity contribution in [3.63, 3.8) is 0 Å². The third kappa shape index (κ3) is 3.72. The van der Waals surface area contributed by atoms with Crippen LogP contribution in [0.25, 0.3) is 5.57 Å². The Hall–Kier alpha value is -1.57. The highest BCUT2D eigenvalue weighted by Gasteiger charge is 2.23. The Bertz CT molecular complexity index is 469. The van der Waals surface area contributed by atoms with E-state index in [2.05, 4.69) is 6.92 Å². The van der Waals surface area contributed by atoms with Gasteiger partial charge < -0.3 is 4.90 Å². The van der Waals surface area contributed by atoms with Crippen molar-refractivity contribution in [2.24, 2.45) is 5.92 Å². The first kappa shape index (κ1) is 14.8. The first-order chi connectivity index (χ1) is 9.58. The number of hydrogen-bond donors (Lipinski definition) is 0. The number of allylic oxidation sites excluding steroid dienone is 1. The minimum absolute atomic E-state index is 0.130. The summed E-state index contributed by atoms with van der Waals surface area (Å²) in [6.07, 6.45) is 6.53. The molecule has 0 heterocycles. The van der Waals surface area contributed by atoms with Crippen molar-refractivity contribution in [3.05, 3.63) is 42.0 Å². The van der Waals surface area contributed by atoms with Crippen LogP contribution >= 0.6 is 0 Å². The second-order valence-electron chi connectivity index (χ2n) is 6.06. The quantitative estimate of drug-likeness (QED) is 0.757. The van der Waals surface area contributed by atoms with E-state index in [4.69, 9.17) is 0 Å². The van der Waals surface area contributed by atoms with E-state index in [0.717, 1.165) is 29.9 Å². The summed E-state index contributed by atoms with van der Waals surface area (Å²) in [7, 11) is 1.94. The molecule has 2 rings (SSSR count). The normalized spacial score (nSPS) is 23.4. The average molecular weight is 271 g/mol. The molecule has 0 unspecified atom stereocenters. The third-order valence-electron chi connectivity index (χ3n) is 4.45. The molecule has 2 nitrogen and oxygen atoms in total. The number of carbonyl (C=O) groups excluding carboxylic acids is 1. The molecule has 0 N–H and O–H groups in total. The molecule has 1 aromatic rings. The van der Waals surface area contributed by atoms with Crippen LogP contribution in [-0.2, 0) is 4.79 Å². The molecule has 108 valence electrons. The summed E-state index contributed by atoms with van der Waals surface area (Å²) < 4.78 is 0. The number of carbonyl (C=O) groups is 1. The van der Waals surface area contributed by atoms with Crippen molar-refractivity contribution < 1.29 is 4.79 Å². The van der Waals surface area contributed by atoms with Crippen LogP contribution in [-0.4, -0.2) is 23.9 Å². The molecule has 0 aliphatic heterocycles. The van der Waals surface area contributed by atoms with Gasteiger partial charge in [0, 0.05) is 19.2 Å². The topological polar surface area (TPSA) is 20.3 Å². The van der Waals surface area contributed by atoms with E-state index in [9.17, 15) is 4.79 Å². The van der Waals surface area contributed by atoms with Gasteiger partial charge in [0.05, 0.1) is 0 Å². The summed E-state index contributed by atoms with van der Waals surface area (Å²) in [6, 6.07) is 10.5. The summed E-state index contributed by atoms with van der Waals surface area (Å²) in [4.78, 5) is 14.3. The molecule has 0 aromatic heterocycles. The van der Waals surface area contributed by atoms with Crippen LogP contribution in [0.15, 0.2) is 36.4 Å². The van der Waals surface area contributed by atoms with Crippen molar-refractivity contribution in [3.8, 4) is 0 Å². The summed E-state index contributed by atoms with van der Waals surface area (Å²) in [5.74, 6) is 0.947. The second kappa shape index (κ2) is 6.74. The first-order valence-electron chi connectivity index (χ1n) is 7.58. The summed E-state index contributed by atoms with van der Waals surface area (Å²) in [5.41, 5.74) is 2.15. The monoisotopic (exact) mass is 271 g/mol. The fourth-order valence-electron chi connectivity index (χ4n) is 2.88. The van der Waals surface area contributed by atoms with E-state index in [-0.39, 0.29) is 5.91 Å². The van der Waals surface area contributed by atoms with Gasteiger partial charge >= 0.3 is 0 Å². The largest absolute Gasteiger partial charge is 0.339 e. The SMILES string of the molecule is C/C(=C\C(=O)N(C)C1CCC(C)CC1)c1ccccc1. The minimum atomic E-state index is 0.130. The van der Waals surface area contributed by atoms with Gasteiger partial charge in [-0.05, 0) is 49.7 Å². The summed E-state index contributed by atoms with van der Waals surface area (Å²) >= 11 is 0. The maximum absolute atomic E-state index is 12.4. The zero-order valence-electron chi connectivity index (χ0n) is 12.8. The van der Waals surface area contributed by atoms with E-state index in [1.54, 1.807) is 6.08 Å². The predicted molar refractivity (Wildman–Crippen MR) is 84.3 cm³/mol. The van der Waals surface area contributed by atoms with Crippen molar-refractivity contribution in [1.82, 2.24) is 4.90 Å².